The normalized spacial score (nSPS) is 16.6. The van der Waals surface area contributed by atoms with Gasteiger partial charge < -0.3 is 24.2 Å². The van der Waals surface area contributed by atoms with Crippen molar-refractivity contribution in [3.63, 3.8) is 0 Å². The van der Waals surface area contributed by atoms with Gasteiger partial charge in [0.2, 0.25) is 0 Å². The second kappa shape index (κ2) is 12.0. The van der Waals surface area contributed by atoms with Crippen molar-refractivity contribution in [3.8, 4) is 11.4 Å². The topological polar surface area (TPSA) is 80.1 Å². The van der Waals surface area contributed by atoms with Gasteiger partial charge in [0.1, 0.15) is 11.4 Å². The van der Waals surface area contributed by atoms with E-state index < -0.39 is 5.60 Å². The summed E-state index contributed by atoms with van der Waals surface area (Å²) in [7, 11) is 1.66. The number of piperazine rings is 1. The van der Waals surface area contributed by atoms with E-state index in [-0.39, 0.29) is 17.9 Å². The van der Waals surface area contributed by atoms with Crippen molar-refractivity contribution in [1.29, 1.82) is 0 Å². The van der Waals surface area contributed by atoms with Crippen molar-refractivity contribution < 1.29 is 19.1 Å². The van der Waals surface area contributed by atoms with Gasteiger partial charge >= 0.3 is 6.09 Å². The maximum atomic E-state index is 14.0. The number of rotatable bonds is 5. The van der Waals surface area contributed by atoms with E-state index in [4.69, 9.17) is 21.1 Å². The van der Waals surface area contributed by atoms with E-state index in [0.717, 1.165) is 35.9 Å². The SMILES string of the molecule is COc1ccc(N2CCN(C(=O)c3cnn(-c4ccccc4Cl)c3C3CCN(C(=O)OC(C)(C)C)CC3)CC2)cc1. The molecule has 9 nitrogen and oxygen atoms in total. The van der Waals surface area contributed by atoms with Gasteiger partial charge in [0, 0.05) is 50.9 Å². The number of para-hydroxylation sites is 1. The van der Waals surface area contributed by atoms with Crippen molar-refractivity contribution in [1.82, 2.24) is 19.6 Å². The summed E-state index contributed by atoms with van der Waals surface area (Å²) in [6.07, 6.45) is 2.76. The summed E-state index contributed by atoms with van der Waals surface area (Å²) < 4.78 is 12.7. The molecular weight excluding hydrogens is 542 g/mol. The number of methoxy groups -OCH3 is 1. The number of ether oxygens (including phenoxy) is 2. The van der Waals surface area contributed by atoms with Crippen LogP contribution in [-0.2, 0) is 4.74 Å². The fourth-order valence-corrected chi connectivity index (χ4v) is 5.74. The molecule has 0 atom stereocenters. The Morgan fingerprint density at radius 1 is 0.902 bits per heavy atom. The lowest BCUT2D eigenvalue weighted by Crippen LogP contribution is -2.49. The van der Waals surface area contributed by atoms with Crippen LogP contribution < -0.4 is 9.64 Å². The van der Waals surface area contributed by atoms with Crippen molar-refractivity contribution in [2.45, 2.75) is 45.1 Å². The molecule has 2 aromatic carbocycles. The second-order valence-electron chi connectivity index (χ2n) is 11.5. The summed E-state index contributed by atoms with van der Waals surface area (Å²) in [6, 6.07) is 15.5. The molecule has 5 rings (SSSR count). The Hall–Kier alpha value is -3.72. The van der Waals surface area contributed by atoms with E-state index in [1.165, 1.54) is 0 Å². The number of amides is 2. The lowest BCUT2D eigenvalue weighted by atomic mass is 9.90. The second-order valence-corrected chi connectivity index (χ2v) is 11.9. The smallest absolute Gasteiger partial charge is 0.410 e. The fourth-order valence-electron chi connectivity index (χ4n) is 5.52. The Labute approximate surface area is 246 Å². The maximum absolute atomic E-state index is 14.0. The van der Waals surface area contributed by atoms with Gasteiger partial charge in [0.15, 0.2) is 0 Å². The van der Waals surface area contributed by atoms with E-state index in [1.54, 1.807) is 18.2 Å². The molecule has 0 saturated carbocycles. The molecule has 0 bridgehead atoms. The van der Waals surface area contributed by atoms with Crippen LogP contribution >= 0.6 is 11.6 Å². The zero-order valence-electron chi connectivity index (χ0n) is 24.2. The Bertz CT molecular complexity index is 1370. The number of aromatic nitrogens is 2. The van der Waals surface area contributed by atoms with Crippen LogP contribution in [0.25, 0.3) is 5.69 Å². The summed E-state index contributed by atoms with van der Waals surface area (Å²) in [5.74, 6) is 0.830. The van der Waals surface area contributed by atoms with Gasteiger partial charge in [-0.3, -0.25) is 4.79 Å². The van der Waals surface area contributed by atoms with Gasteiger partial charge in [-0.15, -0.1) is 0 Å². The van der Waals surface area contributed by atoms with Gasteiger partial charge in [-0.2, -0.15) is 5.10 Å². The van der Waals surface area contributed by atoms with Crippen molar-refractivity contribution >= 4 is 29.3 Å². The largest absolute Gasteiger partial charge is 0.497 e. The Morgan fingerprint density at radius 2 is 1.56 bits per heavy atom. The number of likely N-dealkylation sites (tertiary alicyclic amines) is 1. The van der Waals surface area contributed by atoms with Crippen LogP contribution in [0.5, 0.6) is 5.75 Å². The number of benzene rings is 2. The number of hydrogen-bond acceptors (Lipinski definition) is 6. The molecular formula is C31H38ClN5O4. The number of anilines is 1. The standard InChI is InChI=1S/C31H38ClN5O4/c1-31(2,3)41-30(39)36-15-13-22(14-16-36)28-25(21-33-37(28)27-8-6-5-7-26(27)32)29(38)35-19-17-34(18-20-35)23-9-11-24(40-4)12-10-23/h5-12,21-22H,13-20H2,1-4H3. The summed E-state index contributed by atoms with van der Waals surface area (Å²) in [6.45, 7) is 9.39. The quantitative estimate of drug-likeness (QED) is 0.391. The number of carbonyl (C=O) groups excluding carboxylic acids is 2. The Balaban J connectivity index is 1.35. The van der Waals surface area contributed by atoms with E-state index >= 15 is 0 Å². The average molecular weight is 580 g/mol. The molecule has 41 heavy (non-hydrogen) atoms. The molecule has 218 valence electrons. The molecule has 2 saturated heterocycles. The van der Waals surface area contributed by atoms with Gasteiger partial charge in [0.05, 0.1) is 35.3 Å². The first kappa shape index (κ1) is 28.8. The van der Waals surface area contributed by atoms with Crippen LogP contribution in [-0.4, -0.2) is 83.6 Å². The summed E-state index contributed by atoms with van der Waals surface area (Å²) in [5.41, 5.74) is 2.75. The highest BCUT2D eigenvalue weighted by atomic mass is 35.5. The van der Waals surface area contributed by atoms with E-state index in [9.17, 15) is 9.59 Å². The van der Waals surface area contributed by atoms with E-state index in [0.29, 0.717) is 49.6 Å². The molecule has 0 N–H and O–H groups in total. The molecule has 0 unspecified atom stereocenters. The van der Waals surface area contributed by atoms with Crippen molar-refractivity contribution in [2.75, 3.05) is 51.3 Å². The minimum Gasteiger partial charge on any atom is -0.497 e. The molecule has 3 aromatic rings. The van der Waals surface area contributed by atoms with Crippen molar-refractivity contribution in [2.24, 2.45) is 0 Å². The van der Waals surface area contributed by atoms with E-state index in [1.807, 2.05) is 78.9 Å². The zero-order chi connectivity index (χ0) is 29.1. The first-order chi connectivity index (χ1) is 19.6. The van der Waals surface area contributed by atoms with Crippen molar-refractivity contribution in [3.05, 3.63) is 71.0 Å². The third kappa shape index (κ3) is 6.45. The maximum Gasteiger partial charge on any atom is 0.410 e. The first-order valence-corrected chi connectivity index (χ1v) is 14.5. The Morgan fingerprint density at radius 3 is 2.17 bits per heavy atom. The lowest BCUT2D eigenvalue weighted by molar-refractivity contribution is 0.0203. The Kier molecular flexibility index (Phi) is 8.45. The van der Waals surface area contributed by atoms with Gasteiger partial charge in [-0.25, -0.2) is 9.48 Å². The predicted molar refractivity (Wildman–Crippen MR) is 159 cm³/mol. The minimum absolute atomic E-state index is 0.0257. The molecule has 10 heteroatoms. The highest BCUT2D eigenvalue weighted by molar-refractivity contribution is 6.32. The highest BCUT2D eigenvalue weighted by Crippen LogP contribution is 2.35. The van der Waals surface area contributed by atoms with E-state index in [2.05, 4.69) is 10.00 Å². The number of nitrogens with zero attached hydrogens (tertiary/aromatic N) is 5. The third-order valence-electron chi connectivity index (χ3n) is 7.66. The van der Waals surface area contributed by atoms with Gasteiger partial charge in [-0.1, -0.05) is 23.7 Å². The summed E-state index contributed by atoms with van der Waals surface area (Å²) in [5, 5.41) is 5.24. The van der Waals surface area contributed by atoms with Crippen LogP contribution in [0.1, 0.15) is 55.6 Å². The molecule has 0 aliphatic carbocycles. The van der Waals surface area contributed by atoms with Crippen LogP contribution in [0, 0.1) is 0 Å². The monoisotopic (exact) mass is 579 g/mol. The zero-order valence-corrected chi connectivity index (χ0v) is 24.9. The van der Waals surface area contributed by atoms with Crippen LogP contribution in [0.2, 0.25) is 5.02 Å². The molecule has 2 aliphatic rings. The summed E-state index contributed by atoms with van der Waals surface area (Å²) >= 11 is 6.59. The highest BCUT2D eigenvalue weighted by Gasteiger charge is 2.34. The van der Waals surface area contributed by atoms with Crippen LogP contribution in [0.4, 0.5) is 10.5 Å². The van der Waals surface area contributed by atoms with Crippen LogP contribution in [0.15, 0.2) is 54.7 Å². The number of piperidine rings is 1. The lowest BCUT2D eigenvalue weighted by Gasteiger charge is -2.37. The minimum atomic E-state index is -0.548. The fraction of sp³-hybridized carbons (Fsp3) is 0.452. The summed E-state index contributed by atoms with van der Waals surface area (Å²) in [4.78, 5) is 32.6. The molecule has 2 aliphatic heterocycles. The van der Waals surface area contributed by atoms with Crippen LogP contribution in [0.3, 0.4) is 0 Å². The number of hydrogen-bond donors (Lipinski definition) is 0. The molecule has 2 fully saturated rings. The number of halogens is 1. The first-order valence-electron chi connectivity index (χ1n) is 14.1. The molecule has 3 heterocycles. The molecule has 0 radical (unpaired) electrons. The average Bonchev–Trinajstić information content (AvgIpc) is 3.41. The molecule has 2 amide bonds. The van der Waals surface area contributed by atoms with Gasteiger partial charge in [0.25, 0.3) is 5.91 Å². The van der Waals surface area contributed by atoms with Gasteiger partial charge in [-0.05, 0) is 70.0 Å². The predicted octanol–water partition coefficient (Wildman–Crippen LogP) is 5.61. The third-order valence-corrected chi connectivity index (χ3v) is 7.97. The number of carbonyl (C=O) groups is 2. The molecule has 0 spiro atoms. The molecule has 1 aromatic heterocycles.